The highest BCUT2D eigenvalue weighted by Gasteiger charge is 2.30. The minimum absolute atomic E-state index is 0. The number of hydrogen-bond donors (Lipinski definition) is 2. The zero-order valence-corrected chi connectivity index (χ0v) is 18.9. The molecule has 2 aliphatic rings. The fraction of sp³-hybridized carbons (Fsp3) is 0.500. The van der Waals surface area contributed by atoms with E-state index in [-0.39, 0.29) is 36.7 Å². The molecule has 3 nitrogen and oxygen atoms in total. The quantitative estimate of drug-likeness (QED) is 0.675. The molecule has 2 N–H and O–H groups in total. The highest BCUT2D eigenvalue weighted by molar-refractivity contribution is 5.85. The first-order valence-corrected chi connectivity index (χ1v) is 10.7. The van der Waals surface area contributed by atoms with E-state index in [2.05, 4.69) is 16.3 Å². The second kappa shape index (κ2) is 12.0. The van der Waals surface area contributed by atoms with Crippen molar-refractivity contribution in [2.75, 3.05) is 32.7 Å². The van der Waals surface area contributed by atoms with Crippen molar-refractivity contribution in [1.82, 2.24) is 10.2 Å². The molecular weight excluding hydrogens is 422 g/mol. The lowest BCUT2D eigenvalue weighted by Gasteiger charge is -2.37. The molecule has 1 atom stereocenters. The Kier molecular flexibility index (Phi) is 10.1. The van der Waals surface area contributed by atoms with Crippen LogP contribution in [0.3, 0.4) is 0 Å². The van der Waals surface area contributed by atoms with Crippen LogP contribution in [0.2, 0.25) is 0 Å². The number of aliphatic hydroxyl groups excluding tert-OH is 1. The molecule has 0 amide bonds. The summed E-state index contributed by atoms with van der Waals surface area (Å²) in [6.07, 6.45) is 3.63. The van der Waals surface area contributed by atoms with Gasteiger partial charge in [0.25, 0.3) is 0 Å². The van der Waals surface area contributed by atoms with Gasteiger partial charge in [0.15, 0.2) is 0 Å². The van der Waals surface area contributed by atoms with Crippen molar-refractivity contribution < 1.29 is 9.50 Å². The molecule has 2 fully saturated rings. The van der Waals surface area contributed by atoms with Gasteiger partial charge in [-0.3, -0.25) is 0 Å². The predicted molar refractivity (Wildman–Crippen MR) is 126 cm³/mol. The van der Waals surface area contributed by atoms with E-state index in [0.29, 0.717) is 17.4 Å². The van der Waals surface area contributed by atoms with Crippen molar-refractivity contribution in [3.63, 3.8) is 0 Å². The lowest BCUT2D eigenvalue weighted by atomic mass is 9.75. The summed E-state index contributed by atoms with van der Waals surface area (Å²) in [5.41, 5.74) is 2.70. The largest absolute Gasteiger partial charge is 0.393 e. The maximum absolute atomic E-state index is 15.0. The summed E-state index contributed by atoms with van der Waals surface area (Å²) >= 11 is 0. The van der Waals surface area contributed by atoms with Crippen molar-refractivity contribution in [1.29, 1.82) is 0 Å². The molecule has 6 heteroatoms. The lowest BCUT2D eigenvalue weighted by Crippen LogP contribution is -2.46. The van der Waals surface area contributed by atoms with Crippen molar-refractivity contribution in [3.8, 4) is 11.1 Å². The molecule has 1 saturated carbocycles. The second-order valence-electron chi connectivity index (χ2n) is 8.33. The van der Waals surface area contributed by atoms with Gasteiger partial charge >= 0.3 is 0 Å². The van der Waals surface area contributed by atoms with Gasteiger partial charge < -0.3 is 15.3 Å². The van der Waals surface area contributed by atoms with Crippen LogP contribution in [0.15, 0.2) is 48.5 Å². The van der Waals surface area contributed by atoms with Gasteiger partial charge in [0, 0.05) is 38.3 Å². The fourth-order valence-electron chi connectivity index (χ4n) is 4.82. The number of nitrogens with one attached hydrogen (secondary N) is 1. The van der Waals surface area contributed by atoms with E-state index in [1.165, 1.54) is 0 Å². The molecule has 1 saturated heterocycles. The Hall–Kier alpha value is -1.17. The highest BCUT2D eigenvalue weighted by Crippen LogP contribution is 2.38. The van der Waals surface area contributed by atoms with Crippen molar-refractivity contribution >= 4 is 24.8 Å². The molecule has 1 aliphatic heterocycles. The Morgan fingerprint density at radius 2 is 1.63 bits per heavy atom. The van der Waals surface area contributed by atoms with Crippen LogP contribution in [-0.2, 0) is 0 Å². The van der Waals surface area contributed by atoms with E-state index in [9.17, 15) is 5.11 Å². The van der Waals surface area contributed by atoms with Crippen molar-refractivity contribution in [2.45, 2.75) is 37.7 Å². The van der Waals surface area contributed by atoms with Gasteiger partial charge in [0.1, 0.15) is 5.82 Å². The number of halogens is 3. The number of piperazine rings is 1. The van der Waals surface area contributed by atoms with E-state index in [1.807, 2.05) is 36.4 Å². The summed E-state index contributed by atoms with van der Waals surface area (Å²) in [7, 11) is 0. The molecule has 30 heavy (non-hydrogen) atoms. The number of benzene rings is 2. The zero-order valence-electron chi connectivity index (χ0n) is 17.3. The van der Waals surface area contributed by atoms with Gasteiger partial charge in [-0.1, -0.05) is 42.5 Å². The van der Waals surface area contributed by atoms with Crippen LogP contribution in [0.5, 0.6) is 0 Å². The normalized spacial score (nSPS) is 23.1. The summed E-state index contributed by atoms with van der Waals surface area (Å²) < 4.78 is 15.0. The third-order valence-corrected chi connectivity index (χ3v) is 6.48. The van der Waals surface area contributed by atoms with Crippen molar-refractivity contribution in [2.24, 2.45) is 5.92 Å². The van der Waals surface area contributed by atoms with Gasteiger partial charge in [-0.25, -0.2) is 4.39 Å². The van der Waals surface area contributed by atoms with E-state index in [0.717, 1.165) is 69.5 Å². The molecule has 4 rings (SSSR count). The van der Waals surface area contributed by atoms with Crippen LogP contribution < -0.4 is 5.32 Å². The maximum atomic E-state index is 15.0. The molecule has 0 spiro atoms. The molecule has 2 aromatic rings. The molecule has 2 aromatic carbocycles. The summed E-state index contributed by atoms with van der Waals surface area (Å²) in [6.45, 7) is 5.13. The Morgan fingerprint density at radius 1 is 0.967 bits per heavy atom. The summed E-state index contributed by atoms with van der Waals surface area (Å²) in [5.74, 6) is 0.704. The zero-order chi connectivity index (χ0) is 19.3. The van der Waals surface area contributed by atoms with Crippen molar-refractivity contribution in [3.05, 3.63) is 59.9 Å². The molecule has 0 radical (unpaired) electrons. The first kappa shape index (κ1) is 25.1. The Labute approximate surface area is 191 Å². The first-order chi connectivity index (χ1) is 13.7. The lowest BCUT2D eigenvalue weighted by molar-refractivity contribution is 0.0932. The summed E-state index contributed by atoms with van der Waals surface area (Å²) in [5, 5.41) is 13.3. The van der Waals surface area contributed by atoms with Crippen LogP contribution >= 0.6 is 24.8 Å². The van der Waals surface area contributed by atoms with Crippen LogP contribution in [-0.4, -0.2) is 48.8 Å². The van der Waals surface area contributed by atoms with Crippen LogP contribution in [0.25, 0.3) is 11.1 Å². The van der Waals surface area contributed by atoms with Gasteiger partial charge in [-0.05, 0) is 54.7 Å². The van der Waals surface area contributed by atoms with E-state index < -0.39 is 0 Å². The molecule has 0 aromatic heterocycles. The molecular formula is C24H33Cl2FN2O. The van der Waals surface area contributed by atoms with Crippen LogP contribution in [0.1, 0.15) is 37.2 Å². The van der Waals surface area contributed by atoms with E-state index in [1.54, 1.807) is 6.07 Å². The minimum atomic E-state index is -0.159. The number of aliphatic hydroxyl groups is 1. The monoisotopic (exact) mass is 454 g/mol. The predicted octanol–water partition coefficient (Wildman–Crippen LogP) is 4.88. The highest BCUT2D eigenvalue weighted by atomic mass is 35.5. The third kappa shape index (κ3) is 6.18. The summed E-state index contributed by atoms with van der Waals surface area (Å²) in [4.78, 5) is 2.51. The number of hydrogen-bond acceptors (Lipinski definition) is 3. The second-order valence-corrected chi connectivity index (χ2v) is 8.33. The van der Waals surface area contributed by atoms with Gasteiger partial charge in [-0.15, -0.1) is 24.8 Å². The minimum Gasteiger partial charge on any atom is -0.393 e. The first-order valence-electron chi connectivity index (χ1n) is 10.7. The molecule has 1 heterocycles. The van der Waals surface area contributed by atoms with Crippen LogP contribution in [0.4, 0.5) is 4.39 Å². The number of rotatable bonds is 5. The SMILES string of the molecule is Cl.Cl.OC1CCC(C(CN2CCNCC2)c2ccc(-c3ccccc3)c(F)c2)CC1. The van der Waals surface area contributed by atoms with Gasteiger partial charge in [0.2, 0.25) is 0 Å². The molecule has 1 aliphatic carbocycles. The average molecular weight is 455 g/mol. The molecule has 1 unspecified atom stereocenters. The maximum Gasteiger partial charge on any atom is 0.131 e. The Bertz CT molecular complexity index is 763. The summed E-state index contributed by atoms with van der Waals surface area (Å²) in [6, 6.07) is 15.6. The molecule has 166 valence electrons. The average Bonchev–Trinajstić information content (AvgIpc) is 2.74. The smallest absolute Gasteiger partial charge is 0.131 e. The van der Waals surface area contributed by atoms with Gasteiger partial charge in [-0.2, -0.15) is 0 Å². The third-order valence-electron chi connectivity index (χ3n) is 6.48. The Balaban J connectivity index is 0.00000160. The van der Waals surface area contributed by atoms with E-state index >= 15 is 4.39 Å². The van der Waals surface area contributed by atoms with E-state index in [4.69, 9.17) is 0 Å². The Morgan fingerprint density at radius 3 is 2.27 bits per heavy atom. The molecule has 0 bridgehead atoms. The van der Waals surface area contributed by atoms with Crippen LogP contribution in [0, 0.1) is 11.7 Å². The fourth-order valence-corrected chi connectivity index (χ4v) is 4.82. The topological polar surface area (TPSA) is 35.5 Å². The van der Waals surface area contributed by atoms with Gasteiger partial charge in [0.05, 0.1) is 6.10 Å². The number of nitrogens with zero attached hydrogens (tertiary/aromatic N) is 1. The standard InChI is InChI=1S/C24H31FN2O.2ClH/c25-24-16-20(8-11-22(24)18-4-2-1-3-5-18)23(17-27-14-12-26-13-15-27)19-6-9-21(28)10-7-19;;/h1-5,8,11,16,19,21,23,26,28H,6-7,9-10,12-15,17H2;2*1H.